The van der Waals surface area contributed by atoms with Crippen LogP contribution in [0, 0.1) is 0 Å². The number of nitrogens with one attached hydrogen (secondary N) is 1. The summed E-state index contributed by atoms with van der Waals surface area (Å²) in [6.45, 7) is 0.141. The van der Waals surface area contributed by atoms with Crippen molar-refractivity contribution in [2.75, 3.05) is 25.1 Å². The van der Waals surface area contributed by atoms with Gasteiger partial charge in [0.1, 0.15) is 0 Å². The van der Waals surface area contributed by atoms with Crippen LogP contribution in [0.15, 0.2) is 58.8 Å². The molecular formula is C16H17N5O4S. The van der Waals surface area contributed by atoms with Gasteiger partial charge >= 0.3 is 10.4 Å². The summed E-state index contributed by atoms with van der Waals surface area (Å²) < 4.78 is 33.9. The highest BCUT2D eigenvalue weighted by Gasteiger charge is 2.06. The Balaban J connectivity index is 1.61. The SMILES string of the molecule is CN(CCOS(=O)(=O)O)c1ccc(/N=N/c2nc3ccccc3[nH]2)cc1. The van der Waals surface area contributed by atoms with Crippen LogP contribution in [-0.2, 0) is 14.6 Å². The van der Waals surface area contributed by atoms with Crippen LogP contribution in [0.1, 0.15) is 0 Å². The Morgan fingerprint density at radius 3 is 2.58 bits per heavy atom. The molecule has 2 aromatic carbocycles. The number of para-hydroxylation sites is 2. The predicted octanol–water partition coefficient (Wildman–Crippen LogP) is 3.23. The van der Waals surface area contributed by atoms with Gasteiger partial charge in [0.25, 0.3) is 0 Å². The normalized spacial score (nSPS) is 12.1. The average molecular weight is 375 g/mol. The third-order valence-electron chi connectivity index (χ3n) is 3.59. The number of aromatic amines is 1. The number of benzene rings is 2. The van der Waals surface area contributed by atoms with Crippen LogP contribution < -0.4 is 4.90 Å². The Morgan fingerprint density at radius 2 is 1.88 bits per heavy atom. The lowest BCUT2D eigenvalue weighted by molar-refractivity contribution is 0.274. The topological polar surface area (TPSA) is 120 Å². The number of anilines is 1. The van der Waals surface area contributed by atoms with Gasteiger partial charge in [-0.3, -0.25) is 4.55 Å². The van der Waals surface area contributed by atoms with Crippen LogP contribution in [0.2, 0.25) is 0 Å². The molecule has 0 aliphatic heterocycles. The van der Waals surface area contributed by atoms with Crippen molar-refractivity contribution in [2.24, 2.45) is 10.2 Å². The zero-order valence-electron chi connectivity index (χ0n) is 13.9. The van der Waals surface area contributed by atoms with E-state index in [1.807, 2.05) is 36.4 Å². The summed E-state index contributed by atoms with van der Waals surface area (Å²) in [5, 5.41) is 8.24. The predicted molar refractivity (Wildman–Crippen MR) is 97.5 cm³/mol. The first-order valence-electron chi connectivity index (χ1n) is 7.70. The molecule has 0 spiro atoms. The number of azo groups is 1. The van der Waals surface area contributed by atoms with Crippen molar-refractivity contribution < 1.29 is 17.2 Å². The van der Waals surface area contributed by atoms with E-state index in [9.17, 15) is 8.42 Å². The van der Waals surface area contributed by atoms with E-state index in [4.69, 9.17) is 4.55 Å². The second kappa shape index (κ2) is 7.60. The molecule has 136 valence electrons. The molecule has 0 radical (unpaired) electrons. The molecule has 2 N–H and O–H groups in total. The highest BCUT2D eigenvalue weighted by atomic mass is 32.3. The summed E-state index contributed by atoms with van der Waals surface area (Å²) >= 11 is 0. The highest BCUT2D eigenvalue weighted by Crippen LogP contribution is 2.22. The van der Waals surface area contributed by atoms with Gasteiger partial charge in [0, 0.05) is 19.3 Å². The number of H-pyrrole nitrogens is 1. The second-order valence-electron chi connectivity index (χ2n) is 5.47. The van der Waals surface area contributed by atoms with Crippen molar-refractivity contribution >= 4 is 38.8 Å². The molecule has 1 aromatic heterocycles. The van der Waals surface area contributed by atoms with Crippen LogP contribution >= 0.6 is 0 Å². The summed E-state index contributed by atoms with van der Waals surface area (Å²) in [5.74, 6) is 0.426. The molecule has 3 aromatic rings. The van der Waals surface area contributed by atoms with Crippen molar-refractivity contribution in [1.29, 1.82) is 0 Å². The molecule has 0 fully saturated rings. The molecule has 0 aliphatic carbocycles. The lowest BCUT2D eigenvalue weighted by Gasteiger charge is -2.18. The van der Waals surface area contributed by atoms with E-state index < -0.39 is 10.4 Å². The number of fused-ring (bicyclic) bond motifs is 1. The molecule has 3 rings (SSSR count). The first-order valence-corrected chi connectivity index (χ1v) is 9.07. The number of rotatable bonds is 7. The second-order valence-corrected chi connectivity index (χ2v) is 6.56. The van der Waals surface area contributed by atoms with Crippen LogP contribution in [0.5, 0.6) is 0 Å². The summed E-state index contributed by atoms with van der Waals surface area (Å²) in [7, 11) is -2.64. The molecule has 10 heteroatoms. The van der Waals surface area contributed by atoms with Gasteiger partial charge < -0.3 is 9.88 Å². The quantitative estimate of drug-likeness (QED) is 0.483. The summed E-state index contributed by atoms with van der Waals surface area (Å²) in [5.41, 5.74) is 3.21. The fourth-order valence-corrected chi connectivity index (χ4v) is 2.56. The Kier molecular flexibility index (Phi) is 5.26. The summed E-state index contributed by atoms with van der Waals surface area (Å²) in [6.07, 6.45) is 0. The first kappa shape index (κ1) is 18.0. The molecule has 1 heterocycles. The number of likely N-dealkylation sites (N-methyl/N-ethyl adjacent to an activating group) is 1. The largest absolute Gasteiger partial charge is 0.397 e. The molecule has 0 saturated carbocycles. The zero-order valence-corrected chi connectivity index (χ0v) is 14.7. The maximum absolute atomic E-state index is 10.5. The smallest absolute Gasteiger partial charge is 0.372 e. The number of nitrogens with zero attached hydrogens (tertiary/aromatic N) is 4. The number of imidazole rings is 1. The van der Waals surface area contributed by atoms with Gasteiger partial charge in [-0.05, 0) is 36.4 Å². The molecule has 0 amide bonds. The zero-order chi connectivity index (χ0) is 18.6. The molecular weight excluding hydrogens is 358 g/mol. The molecule has 0 bridgehead atoms. The van der Waals surface area contributed by atoms with Gasteiger partial charge in [0.05, 0.1) is 23.3 Å². The molecule has 26 heavy (non-hydrogen) atoms. The molecule has 9 nitrogen and oxygen atoms in total. The minimum atomic E-state index is -4.42. The van der Waals surface area contributed by atoms with Crippen molar-refractivity contribution in [2.45, 2.75) is 0 Å². The molecule has 0 saturated heterocycles. The number of aromatic nitrogens is 2. The van der Waals surface area contributed by atoms with Gasteiger partial charge in [0.15, 0.2) is 0 Å². The van der Waals surface area contributed by atoms with Gasteiger partial charge in [-0.15, -0.1) is 10.2 Å². The Labute approximate surface area is 150 Å². The van der Waals surface area contributed by atoms with Crippen LogP contribution in [0.25, 0.3) is 11.0 Å². The van der Waals surface area contributed by atoms with Gasteiger partial charge in [-0.2, -0.15) is 8.42 Å². The van der Waals surface area contributed by atoms with Crippen molar-refractivity contribution in [3.05, 3.63) is 48.5 Å². The van der Waals surface area contributed by atoms with Crippen molar-refractivity contribution in [1.82, 2.24) is 9.97 Å². The van der Waals surface area contributed by atoms with Crippen LogP contribution in [-0.4, -0.2) is 43.1 Å². The van der Waals surface area contributed by atoms with E-state index >= 15 is 0 Å². The Hall–Kier alpha value is -2.82. The average Bonchev–Trinajstić information content (AvgIpc) is 3.02. The maximum Gasteiger partial charge on any atom is 0.397 e. The van der Waals surface area contributed by atoms with Gasteiger partial charge in [-0.1, -0.05) is 12.1 Å². The van der Waals surface area contributed by atoms with E-state index in [0.717, 1.165) is 16.7 Å². The lowest BCUT2D eigenvalue weighted by atomic mass is 10.2. The Morgan fingerprint density at radius 1 is 1.15 bits per heavy atom. The standard InChI is InChI=1S/C16H17N5O4S/c1-21(10-11-25-26(22,23)24)13-8-6-12(7-9-13)19-20-16-17-14-4-2-3-5-15(14)18-16/h2-9H,10-11H2,1H3,(H,17,18)(H,22,23,24)/b20-19+. The third-order valence-corrected chi connectivity index (χ3v) is 4.05. The number of hydrogen-bond donors (Lipinski definition) is 2. The molecule has 0 atom stereocenters. The van der Waals surface area contributed by atoms with E-state index in [1.165, 1.54) is 0 Å². The maximum atomic E-state index is 10.5. The van der Waals surface area contributed by atoms with E-state index in [1.54, 1.807) is 24.1 Å². The fourth-order valence-electron chi connectivity index (χ4n) is 2.27. The third kappa shape index (κ3) is 4.85. The van der Waals surface area contributed by atoms with E-state index in [-0.39, 0.29) is 6.61 Å². The number of hydrogen-bond acceptors (Lipinski definition) is 7. The highest BCUT2D eigenvalue weighted by molar-refractivity contribution is 7.80. The Bertz CT molecular complexity index is 982. The van der Waals surface area contributed by atoms with E-state index in [0.29, 0.717) is 18.2 Å². The monoisotopic (exact) mass is 375 g/mol. The van der Waals surface area contributed by atoms with Gasteiger partial charge in [-0.25, -0.2) is 9.17 Å². The minimum absolute atomic E-state index is 0.150. The van der Waals surface area contributed by atoms with Crippen LogP contribution in [0.3, 0.4) is 0 Å². The molecule has 0 aliphatic rings. The van der Waals surface area contributed by atoms with E-state index in [2.05, 4.69) is 24.4 Å². The minimum Gasteiger partial charge on any atom is -0.372 e. The molecule has 0 unspecified atom stereocenters. The fraction of sp³-hybridized carbons (Fsp3) is 0.188. The first-order chi connectivity index (χ1) is 12.4. The van der Waals surface area contributed by atoms with Gasteiger partial charge in [0.2, 0.25) is 5.95 Å². The van der Waals surface area contributed by atoms with Crippen molar-refractivity contribution in [3.8, 4) is 0 Å². The lowest BCUT2D eigenvalue weighted by Crippen LogP contribution is -2.23. The van der Waals surface area contributed by atoms with Crippen LogP contribution in [0.4, 0.5) is 17.3 Å². The summed E-state index contributed by atoms with van der Waals surface area (Å²) in [6, 6.07) is 14.8. The summed E-state index contributed by atoms with van der Waals surface area (Å²) in [4.78, 5) is 9.17. The van der Waals surface area contributed by atoms with Crippen molar-refractivity contribution in [3.63, 3.8) is 0 Å².